The van der Waals surface area contributed by atoms with Gasteiger partial charge in [0.25, 0.3) is 5.91 Å². The Bertz CT molecular complexity index is 1470. The molecule has 0 aromatic carbocycles. The summed E-state index contributed by atoms with van der Waals surface area (Å²) in [6.45, 7) is 4.82. The first kappa shape index (κ1) is 20.0. The number of likely N-dealkylation sites (tertiary alicyclic amines) is 1. The average molecular weight is 458 g/mol. The van der Waals surface area contributed by atoms with E-state index in [4.69, 9.17) is 4.98 Å². The van der Waals surface area contributed by atoms with Crippen molar-refractivity contribution in [3.8, 4) is 10.6 Å². The molecule has 1 atom stereocenters. The third kappa shape index (κ3) is 3.22. The summed E-state index contributed by atoms with van der Waals surface area (Å²) in [4.78, 5) is 21.9. The van der Waals surface area contributed by atoms with E-state index >= 15 is 0 Å². The van der Waals surface area contributed by atoms with Crippen LogP contribution in [0.25, 0.3) is 27.3 Å². The summed E-state index contributed by atoms with van der Waals surface area (Å²) in [5.41, 5.74) is 2.96. The molecular weight excluding hydrogens is 434 g/mol. The maximum Gasteiger partial charge on any atom is 0.255 e. The fraction of sp³-hybridized carbons (Fsp3) is 0.292. The molecule has 0 N–H and O–H groups in total. The molecule has 1 aliphatic rings. The molecule has 5 aromatic rings. The van der Waals surface area contributed by atoms with Gasteiger partial charge in [-0.2, -0.15) is 5.10 Å². The normalized spacial score (nSPS) is 16.5. The predicted octanol–water partition coefficient (Wildman–Crippen LogP) is 4.76. The van der Waals surface area contributed by atoms with E-state index in [0.29, 0.717) is 12.1 Å². The number of thiophene rings is 1. The number of carbonyl (C=O) groups excluding carboxylic acids is 1. The van der Waals surface area contributed by atoms with Crippen LogP contribution < -0.4 is 0 Å². The van der Waals surface area contributed by atoms with Crippen molar-refractivity contribution in [1.29, 1.82) is 0 Å². The van der Waals surface area contributed by atoms with Crippen LogP contribution in [-0.4, -0.2) is 46.7 Å². The number of hydrogen-bond donors (Lipinski definition) is 0. The monoisotopic (exact) mass is 457 g/mol. The van der Waals surface area contributed by atoms with Gasteiger partial charge in [-0.25, -0.2) is 9.67 Å². The first-order valence-corrected chi connectivity index (χ1v) is 12.0. The lowest BCUT2D eigenvalue weighted by molar-refractivity contribution is 0.0731. The quantitative estimate of drug-likeness (QED) is 0.389. The molecule has 1 amide bonds. The van der Waals surface area contributed by atoms with Gasteiger partial charge in [0.05, 0.1) is 33.8 Å². The summed E-state index contributed by atoms with van der Waals surface area (Å²) < 4.78 is 3.86. The molecular formula is C24H23N7OS. The Morgan fingerprint density at radius 3 is 2.91 bits per heavy atom. The van der Waals surface area contributed by atoms with Crippen molar-refractivity contribution in [2.75, 3.05) is 6.54 Å². The molecule has 1 saturated heterocycles. The highest BCUT2D eigenvalue weighted by Crippen LogP contribution is 2.35. The largest absolute Gasteiger partial charge is 0.328 e. The number of carbonyl (C=O) groups is 1. The van der Waals surface area contributed by atoms with Gasteiger partial charge in [0.1, 0.15) is 0 Å². The smallest absolute Gasteiger partial charge is 0.255 e. The van der Waals surface area contributed by atoms with Crippen LogP contribution in [-0.2, 0) is 0 Å². The van der Waals surface area contributed by atoms with Gasteiger partial charge in [0, 0.05) is 18.8 Å². The number of aromatic nitrogens is 6. The minimum Gasteiger partial charge on any atom is -0.328 e. The summed E-state index contributed by atoms with van der Waals surface area (Å²) in [5.74, 6) is 0.789. The van der Waals surface area contributed by atoms with Crippen molar-refractivity contribution in [2.24, 2.45) is 0 Å². The number of rotatable bonds is 4. The Kier molecular flexibility index (Phi) is 4.72. The SMILES string of the molecule is CC(C)n1ncc2c(C(=O)N3CCC[C@H]3c3nnc4ccccn34)cc(-c3cccs3)nc21. The number of nitrogens with zero attached hydrogens (tertiary/aromatic N) is 7. The minimum absolute atomic E-state index is 0.0151. The van der Waals surface area contributed by atoms with Gasteiger partial charge < -0.3 is 4.90 Å². The first-order valence-electron chi connectivity index (χ1n) is 11.1. The number of fused-ring (bicyclic) bond motifs is 2. The summed E-state index contributed by atoms with van der Waals surface area (Å²) in [7, 11) is 0. The van der Waals surface area contributed by atoms with Gasteiger partial charge in [0.15, 0.2) is 17.1 Å². The van der Waals surface area contributed by atoms with Gasteiger partial charge in [-0.3, -0.25) is 9.20 Å². The topological polar surface area (TPSA) is 81.2 Å². The third-order valence-electron chi connectivity index (χ3n) is 6.21. The number of amides is 1. The summed E-state index contributed by atoms with van der Waals surface area (Å²) in [5, 5.41) is 16.1. The molecule has 6 heterocycles. The van der Waals surface area contributed by atoms with Crippen molar-refractivity contribution in [3.63, 3.8) is 0 Å². The molecule has 0 aliphatic carbocycles. The fourth-order valence-corrected chi connectivity index (χ4v) is 5.33. The lowest BCUT2D eigenvalue weighted by atomic mass is 10.1. The Morgan fingerprint density at radius 2 is 2.09 bits per heavy atom. The highest BCUT2D eigenvalue weighted by atomic mass is 32.1. The van der Waals surface area contributed by atoms with E-state index in [0.717, 1.165) is 45.9 Å². The second-order valence-electron chi connectivity index (χ2n) is 8.60. The Hall–Kier alpha value is -3.59. The first-order chi connectivity index (χ1) is 16.1. The molecule has 0 spiro atoms. The van der Waals surface area contributed by atoms with Crippen LogP contribution in [0.5, 0.6) is 0 Å². The van der Waals surface area contributed by atoms with E-state index in [-0.39, 0.29) is 18.0 Å². The van der Waals surface area contributed by atoms with Crippen LogP contribution >= 0.6 is 11.3 Å². The second kappa shape index (κ2) is 7.77. The summed E-state index contributed by atoms with van der Waals surface area (Å²) >= 11 is 1.62. The maximum atomic E-state index is 14.0. The Balaban J connectivity index is 1.47. The third-order valence-corrected chi connectivity index (χ3v) is 7.10. The molecule has 1 aliphatic heterocycles. The van der Waals surface area contributed by atoms with Crippen LogP contribution in [0, 0.1) is 0 Å². The lowest BCUT2D eigenvalue weighted by Gasteiger charge is -2.24. The minimum atomic E-state index is -0.122. The molecule has 5 aromatic heterocycles. The van der Waals surface area contributed by atoms with Gasteiger partial charge in [-0.15, -0.1) is 21.5 Å². The highest BCUT2D eigenvalue weighted by Gasteiger charge is 2.35. The van der Waals surface area contributed by atoms with E-state index in [1.807, 2.05) is 62.0 Å². The van der Waals surface area contributed by atoms with Crippen molar-refractivity contribution in [1.82, 2.24) is 34.3 Å². The number of pyridine rings is 2. The van der Waals surface area contributed by atoms with E-state index in [9.17, 15) is 4.79 Å². The predicted molar refractivity (Wildman–Crippen MR) is 127 cm³/mol. The highest BCUT2D eigenvalue weighted by molar-refractivity contribution is 7.13. The fourth-order valence-electron chi connectivity index (χ4n) is 4.64. The average Bonchev–Trinajstić information content (AvgIpc) is 3.62. The molecule has 0 bridgehead atoms. The van der Waals surface area contributed by atoms with Gasteiger partial charge in [-0.1, -0.05) is 12.1 Å². The molecule has 6 rings (SSSR count). The molecule has 9 heteroatoms. The molecule has 33 heavy (non-hydrogen) atoms. The van der Waals surface area contributed by atoms with Gasteiger partial charge in [-0.05, 0) is 56.3 Å². The van der Waals surface area contributed by atoms with E-state index in [2.05, 4.69) is 29.1 Å². The maximum absolute atomic E-state index is 14.0. The molecule has 0 saturated carbocycles. The standard InChI is InChI=1S/C24H23N7OS/c1-15(2)31-22-17(14-25-31)16(13-18(26-22)20-8-6-12-33-20)24(32)29-11-5-7-19(29)23-28-27-21-9-3-4-10-30(21)23/h3-4,6,8-10,12-15,19H,5,7,11H2,1-2H3/t19-/m0/s1. The van der Waals surface area contributed by atoms with Gasteiger partial charge >= 0.3 is 0 Å². The van der Waals surface area contributed by atoms with Crippen LogP contribution in [0.4, 0.5) is 0 Å². The second-order valence-corrected chi connectivity index (χ2v) is 9.54. The molecule has 8 nitrogen and oxygen atoms in total. The van der Waals surface area contributed by atoms with E-state index in [1.54, 1.807) is 17.5 Å². The van der Waals surface area contributed by atoms with Crippen molar-refractivity contribution in [2.45, 2.75) is 38.8 Å². The van der Waals surface area contributed by atoms with E-state index in [1.165, 1.54) is 0 Å². The van der Waals surface area contributed by atoms with Gasteiger partial charge in [0.2, 0.25) is 0 Å². The van der Waals surface area contributed by atoms with E-state index < -0.39 is 0 Å². The summed E-state index contributed by atoms with van der Waals surface area (Å²) in [6.07, 6.45) is 5.51. The van der Waals surface area contributed by atoms with Crippen LogP contribution in [0.3, 0.4) is 0 Å². The van der Waals surface area contributed by atoms with Crippen LogP contribution in [0.2, 0.25) is 0 Å². The van der Waals surface area contributed by atoms with Crippen molar-refractivity contribution in [3.05, 3.63) is 65.6 Å². The van der Waals surface area contributed by atoms with Crippen molar-refractivity contribution < 1.29 is 4.79 Å². The lowest BCUT2D eigenvalue weighted by Crippen LogP contribution is -2.31. The van der Waals surface area contributed by atoms with Crippen LogP contribution in [0.1, 0.15) is 55.0 Å². The molecule has 166 valence electrons. The zero-order chi connectivity index (χ0) is 22.5. The molecule has 0 unspecified atom stereocenters. The van der Waals surface area contributed by atoms with Crippen LogP contribution in [0.15, 0.2) is 54.2 Å². The Labute approximate surface area is 194 Å². The molecule has 0 radical (unpaired) electrons. The summed E-state index contributed by atoms with van der Waals surface area (Å²) in [6, 6.07) is 11.8. The zero-order valence-electron chi connectivity index (χ0n) is 18.4. The molecule has 1 fully saturated rings. The Morgan fingerprint density at radius 1 is 1.18 bits per heavy atom. The van der Waals surface area contributed by atoms with Crippen molar-refractivity contribution >= 4 is 33.9 Å². The zero-order valence-corrected chi connectivity index (χ0v) is 19.2. The number of hydrogen-bond acceptors (Lipinski definition) is 6.